The van der Waals surface area contributed by atoms with Gasteiger partial charge >= 0.3 is 0 Å². The summed E-state index contributed by atoms with van der Waals surface area (Å²) in [5, 5.41) is 5.26. The number of pyridine rings is 1. The molecule has 0 aromatic carbocycles. The van der Waals surface area contributed by atoms with Crippen LogP contribution in [0.2, 0.25) is 0 Å². The molecule has 18 heavy (non-hydrogen) atoms. The van der Waals surface area contributed by atoms with Gasteiger partial charge in [0.2, 0.25) is 15.9 Å². The molecule has 1 rings (SSSR count). The summed E-state index contributed by atoms with van der Waals surface area (Å²) in [5.74, 6) is 0.273. The Hall–Kier alpha value is -1.67. The fourth-order valence-corrected chi connectivity index (χ4v) is 2.27. The molecule has 1 aromatic heterocycles. The summed E-state index contributed by atoms with van der Waals surface area (Å²) in [7, 11) is -1.92. The van der Waals surface area contributed by atoms with Crippen LogP contribution in [0.15, 0.2) is 23.2 Å². The molecule has 0 unspecified atom stereocenters. The maximum atomic E-state index is 11.9. The highest BCUT2D eigenvalue weighted by molar-refractivity contribution is 7.89. The van der Waals surface area contributed by atoms with E-state index < -0.39 is 10.0 Å². The maximum Gasteiger partial charge on any atom is 0.240 e. The van der Waals surface area contributed by atoms with Crippen molar-refractivity contribution in [1.82, 2.24) is 15.0 Å². The van der Waals surface area contributed by atoms with Crippen LogP contribution in [0.25, 0.3) is 0 Å². The van der Waals surface area contributed by atoms with Gasteiger partial charge in [-0.1, -0.05) is 0 Å². The molecule has 3 N–H and O–H groups in total. The van der Waals surface area contributed by atoms with Crippen LogP contribution in [0.3, 0.4) is 0 Å². The number of carbonyl (C=O) groups is 1. The molecule has 0 spiro atoms. The number of rotatable bonds is 6. The average molecular weight is 272 g/mol. The van der Waals surface area contributed by atoms with Crippen LogP contribution in [-0.2, 0) is 14.8 Å². The number of nitrogens with zero attached hydrogens (tertiary/aromatic N) is 1. The second-order valence-corrected chi connectivity index (χ2v) is 5.27. The summed E-state index contributed by atoms with van der Waals surface area (Å²) in [6, 6.07) is 2.84. The zero-order valence-corrected chi connectivity index (χ0v) is 11.0. The van der Waals surface area contributed by atoms with Crippen molar-refractivity contribution < 1.29 is 13.2 Å². The largest absolute Gasteiger partial charge is 0.373 e. The first-order valence-corrected chi connectivity index (χ1v) is 6.82. The molecule has 0 aliphatic heterocycles. The van der Waals surface area contributed by atoms with Gasteiger partial charge in [-0.2, -0.15) is 0 Å². The van der Waals surface area contributed by atoms with Crippen LogP contribution in [0.5, 0.6) is 0 Å². The van der Waals surface area contributed by atoms with Crippen molar-refractivity contribution >= 4 is 21.7 Å². The molecule has 8 heteroatoms. The van der Waals surface area contributed by atoms with Crippen LogP contribution in [-0.4, -0.2) is 39.4 Å². The number of hydrogen-bond acceptors (Lipinski definition) is 5. The Labute approximate surface area is 106 Å². The third-order valence-corrected chi connectivity index (χ3v) is 3.55. The van der Waals surface area contributed by atoms with Gasteiger partial charge in [0.05, 0.1) is 4.90 Å². The van der Waals surface area contributed by atoms with Gasteiger partial charge in [-0.25, -0.2) is 18.1 Å². The van der Waals surface area contributed by atoms with Crippen LogP contribution >= 0.6 is 0 Å². The third kappa shape index (κ3) is 4.30. The van der Waals surface area contributed by atoms with Gasteiger partial charge in [0.1, 0.15) is 5.82 Å². The number of anilines is 1. The molecule has 0 fully saturated rings. The van der Waals surface area contributed by atoms with E-state index in [0.29, 0.717) is 5.82 Å². The third-order valence-electron chi connectivity index (χ3n) is 2.09. The number of hydrogen-bond donors (Lipinski definition) is 3. The molecule has 0 bridgehead atoms. The first-order valence-electron chi connectivity index (χ1n) is 5.33. The van der Waals surface area contributed by atoms with E-state index in [1.54, 1.807) is 7.05 Å². The highest BCUT2D eigenvalue weighted by Crippen LogP contribution is 2.11. The molecule has 0 saturated heterocycles. The fraction of sp³-hybridized carbons (Fsp3) is 0.400. The first kappa shape index (κ1) is 14.4. The molecule has 0 radical (unpaired) electrons. The molecule has 1 heterocycles. The summed E-state index contributed by atoms with van der Waals surface area (Å²) in [6.07, 6.45) is 1.41. The van der Waals surface area contributed by atoms with E-state index in [4.69, 9.17) is 0 Å². The molecule has 0 aliphatic carbocycles. The van der Waals surface area contributed by atoms with E-state index in [0.717, 1.165) is 0 Å². The van der Waals surface area contributed by atoms with Crippen molar-refractivity contribution in [2.75, 3.05) is 25.5 Å². The molecule has 7 nitrogen and oxygen atoms in total. The van der Waals surface area contributed by atoms with Crippen LogP contribution in [0.1, 0.15) is 6.92 Å². The molecule has 0 saturated carbocycles. The predicted molar refractivity (Wildman–Crippen MR) is 67.7 cm³/mol. The molecule has 1 amide bonds. The van der Waals surface area contributed by atoms with Gasteiger partial charge in [0, 0.05) is 39.3 Å². The monoisotopic (exact) mass is 272 g/mol. The van der Waals surface area contributed by atoms with E-state index in [2.05, 4.69) is 20.3 Å². The Morgan fingerprint density at radius 1 is 1.39 bits per heavy atom. The van der Waals surface area contributed by atoms with Crippen molar-refractivity contribution in [2.45, 2.75) is 11.8 Å². The Morgan fingerprint density at radius 3 is 2.72 bits per heavy atom. The Kier molecular flexibility index (Phi) is 5.05. The smallest absolute Gasteiger partial charge is 0.240 e. The van der Waals surface area contributed by atoms with Crippen LogP contribution in [0, 0.1) is 0 Å². The van der Waals surface area contributed by atoms with Crippen molar-refractivity contribution in [2.24, 2.45) is 0 Å². The number of aromatic nitrogens is 1. The minimum atomic E-state index is -3.57. The highest BCUT2D eigenvalue weighted by atomic mass is 32.2. The molecular weight excluding hydrogens is 256 g/mol. The molecule has 100 valence electrons. The zero-order chi connectivity index (χ0) is 13.6. The Balaban J connectivity index is 2.65. The van der Waals surface area contributed by atoms with E-state index in [9.17, 15) is 13.2 Å². The minimum absolute atomic E-state index is 0.129. The van der Waals surface area contributed by atoms with Gasteiger partial charge < -0.3 is 10.6 Å². The van der Waals surface area contributed by atoms with Gasteiger partial charge in [-0.3, -0.25) is 4.79 Å². The molecule has 1 aromatic rings. The molecule has 0 aliphatic rings. The normalized spacial score (nSPS) is 11.0. The highest BCUT2D eigenvalue weighted by Gasteiger charge is 2.13. The van der Waals surface area contributed by atoms with E-state index >= 15 is 0 Å². The summed E-state index contributed by atoms with van der Waals surface area (Å²) < 4.78 is 26.1. The average Bonchev–Trinajstić information content (AvgIpc) is 2.34. The van der Waals surface area contributed by atoms with Crippen LogP contribution < -0.4 is 15.4 Å². The standard InChI is InChI=1S/C10H16N4O3S/c1-8(15)12-5-6-14-18(16,17)9-3-4-13-10(7-9)11-2/h3-4,7,14H,5-6H2,1-2H3,(H,11,13)(H,12,15). The maximum absolute atomic E-state index is 11.9. The quantitative estimate of drug-likeness (QED) is 0.608. The lowest BCUT2D eigenvalue weighted by Crippen LogP contribution is -2.33. The van der Waals surface area contributed by atoms with Gasteiger partial charge in [-0.15, -0.1) is 0 Å². The number of carbonyl (C=O) groups excluding carboxylic acids is 1. The number of sulfonamides is 1. The van der Waals surface area contributed by atoms with Gasteiger partial charge in [0.15, 0.2) is 0 Å². The Bertz CT molecular complexity index is 516. The number of nitrogens with one attached hydrogen (secondary N) is 3. The van der Waals surface area contributed by atoms with Crippen molar-refractivity contribution in [3.63, 3.8) is 0 Å². The second-order valence-electron chi connectivity index (χ2n) is 3.51. The van der Waals surface area contributed by atoms with E-state index in [1.807, 2.05) is 0 Å². The summed E-state index contributed by atoms with van der Waals surface area (Å²) in [4.78, 5) is 14.7. The van der Waals surface area contributed by atoms with Crippen molar-refractivity contribution in [3.05, 3.63) is 18.3 Å². The van der Waals surface area contributed by atoms with Crippen molar-refractivity contribution in [1.29, 1.82) is 0 Å². The minimum Gasteiger partial charge on any atom is -0.373 e. The summed E-state index contributed by atoms with van der Waals surface area (Å²) in [6.45, 7) is 1.76. The van der Waals surface area contributed by atoms with Crippen molar-refractivity contribution in [3.8, 4) is 0 Å². The van der Waals surface area contributed by atoms with Gasteiger partial charge in [0.25, 0.3) is 0 Å². The Morgan fingerprint density at radius 2 is 2.11 bits per heavy atom. The molecular formula is C10H16N4O3S. The van der Waals surface area contributed by atoms with Gasteiger partial charge in [-0.05, 0) is 6.07 Å². The fourth-order valence-electron chi connectivity index (χ4n) is 1.22. The lowest BCUT2D eigenvalue weighted by Gasteiger charge is -2.08. The first-order chi connectivity index (χ1) is 8.45. The lowest BCUT2D eigenvalue weighted by molar-refractivity contribution is -0.118. The second kappa shape index (κ2) is 6.31. The summed E-state index contributed by atoms with van der Waals surface area (Å²) >= 11 is 0. The van der Waals surface area contributed by atoms with E-state index in [1.165, 1.54) is 25.3 Å². The lowest BCUT2D eigenvalue weighted by atomic mass is 10.5. The molecule has 0 atom stereocenters. The van der Waals surface area contributed by atoms with E-state index in [-0.39, 0.29) is 23.9 Å². The predicted octanol–water partition coefficient (Wildman–Crippen LogP) is -0.462. The summed E-state index contributed by atoms with van der Waals surface area (Å²) in [5.41, 5.74) is 0. The van der Waals surface area contributed by atoms with Crippen LogP contribution in [0.4, 0.5) is 5.82 Å². The number of amides is 1. The topological polar surface area (TPSA) is 100 Å². The zero-order valence-electron chi connectivity index (χ0n) is 10.2. The SMILES string of the molecule is CNc1cc(S(=O)(=O)NCCNC(C)=O)ccn1.